The topological polar surface area (TPSA) is 99.1 Å². The Morgan fingerprint density at radius 3 is 2.27 bits per heavy atom. The summed E-state index contributed by atoms with van der Waals surface area (Å²) in [6.45, 7) is 1.64. The average Bonchev–Trinajstić information content (AvgIpc) is 2.52. The van der Waals surface area contributed by atoms with Gasteiger partial charge in [-0.15, -0.1) is 0 Å². The predicted octanol–water partition coefficient (Wildman–Crippen LogP) is 1.35. The lowest BCUT2D eigenvalue weighted by Crippen LogP contribution is -2.30. The van der Waals surface area contributed by atoms with Crippen LogP contribution in [0, 0.1) is 0 Å². The summed E-state index contributed by atoms with van der Waals surface area (Å²) < 4.78 is 14.2. The number of hydrogen-bond donors (Lipinski definition) is 1. The average molecular weight is 308 g/mol. The van der Waals surface area contributed by atoms with E-state index >= 15 is 0 Å². The second-order valence-electron chi connectivity index (χ2n) is 4.11. The third-order valence-corrected chi connectivity index (χ3v) is 2.50. The summed E-state index contributed by atoms with van der Waals surface area (Å²) in [6.07, 6.45) is 0.848. The van der Waals surface area contributed by atoms with E-state index in [9.17, 15) is 14.4 Å². The first-order chi connectivity index (χ1) is 10.5. The van der Waals surface area contributed by atoms with Crippen molar-refractivity contribution in [3.8, 4) is 11.5 Å². The van der Waals surface area contributed by atoms with Crippen LogP contribution in [0.4, 0.5) is 0 Å². The maximum atomic E-state index is 11.9. The zero-order valence-electron chi connectivity index (χ0n) is 12.1. The minimum atomic E-state index is -1.11. The van der Waals surface area contributed by atoms with Crippen molar-refractivity contribution in [2.24, 2.45) is 0 Å². The zero-order chi connectivity index (χ0) is 16.5. The van der Waals surface area contributed by atoms with Crippen LogP contribution >= 0.6 is 0 Å². The van der Waals surface area contributed by atoms with Crippen LogP contribution in [0.5, 0.6) is 11.5 Å². The van der Waals surface area contributed by atoms with Gasteiger partial charge in [0.1, 0.15) is 11.5 Å². The van der Waals surface area contributed by atoms with Crippen LogP contribution in [0.2, 0.25) is 0 Å². The molecule has 1 atom stereocenters. The van der Waals surface area contributed by atoms with Crippen molar-refractivity contribution in [2.45, 2.75) is 19.4 Å². The SMILES string of the molecule is CCC(OC(=O)/C=C/C(=O)OC)C(=O)Oc1ccc(O)cc1. The van der Waals surface area contributed by atoms with Crippen LogP contribution in [0.15, 0.2) is 36.4 Å². The maximum absolute atomic E-state index is 11.9. The van der Waals surface area contributed by atoms with E-state index in [1.165, 1.54) is 31.4 Å². The van der Waals surface area contributed by atoms with Crippen LogP contribution in [-0.4, -0.2) is 36.2 Å². The molecule has 0 aliphatic carbocycles. The van der Waals surface area contributed by atoms with E-state index in [-0.39, 0.29) is 17.9 Å². The molecule has 0 fully saturated rings. The van der Waals surface area contributed by atoms with Gasteiger partial charge in [-0.05, 0) is 30.7 Å². The Kier molecular flexibility index (Phi) is 6.62. The highest BCUT2D eigenvalue weighted by Gasteiger charge is 2.22. The summed E-state index contributed by atoms with van der Waals surface area (Å²) in [7, 11) is 1.17. The van der Waals surface area contributed by atoms with Gasteiger partial charge >= 0.3 is 17.9 Å². The predicted molar refractivity (Wildman–Crippen MR) is 75.1 cm³/mol. The van der Waals surface area contributed by atoms with Gasteiger partial charge in [-0.25, -0.2) is 14.4 Å². The molecule has 0 aromatic heterocycles. The van der Waals surface area contributed by atoms with E-state index in [0.29, 0.717) is 0 Å². The first kappa shape index (κ1) is 17.2. The quantitative estimate of drug-likeness (QED) is 0.481. The van der Waals surface area contributed by atoms with Crippen LogP contribution < -0.4 is 4.74 Å². The van der Waals surface area contributed by atoms with Gasteiger partial charge in [0, 0.05) is 12.2 Å². The molecule has 0 aliphatic rings. The molecule has 1 rings (SSSR count). The molecule has 1 N–H and O–H groups in total. The molecule has 0 aliphatic heterocycles. The third-order valence-electron chi connectivity index (χ3n) is 2.50. The number of carbonyl (C=O) groups excluding carboxylic acids is 3. The van der Waals surface area contributed by atoms with Crippen molar-refractivity contribution in [1.82, 2.24) is 0 Å². The highest BCUT2D eigenvalue weighted by atomic mass is 16.6. The molecule has 0 saturated heterocycles. The van der Waals surface area contributed by atoms with E-state index in [2.05, 4.69) is 4.74 Å². The molecular weight excluding hydrogens is 292 g/mol. The molecule has 1 aromatic rings. The standard InChI is InChI=1S/C15H16O7/c1-3-12(22-14(18)9-8-13(17)20-2)15(19)21-11-6-4-10(16)5-7-11/h4-9,12,16H,3H2,1-2H3/b9-8+. The summed E-state index contributed by atoms with van der Waals surface area (Å²) in [4.78, 5) is 34.2. The number of esters is 3. The molecule has 0 spiro atoms. The van der Waals surface area contributed by atoms with Crippen LogP contribution in [-0.2, 0) is 23.9 Å². The number of phenols is 1. The Bertz CT molecular complexity index is 560. The molecule has 0 radical (unpaired) electrons. The lowest BCUT2D eigenvalue weighted by Gasteiger charge is -2.14. The van der Waals surface area contributed by atoms with Gasteiger partial charge in [0.25, 0.3) is 0 Å². The van der Waals surface area contributed by atoms with Crippen LogP contribution in [0.3, 0.4) is 0 Å². The van der Waals surface area contributed by atoms with E-state index in [1.54, 1.807) is 6.92 Å². The number of rotatable bonds is 6. The number of aromatic hydroxyl groups is 1. The van der Waals surface area contributed by atoms with Gasteiger partial charge in [-0.1, -0.05) is 6.92 Å². The Morgan fingerprint density at radius 1 is 1.14 bits per heavy atom. The van der Waals surface area contributed by atoms with Crippen LogP contribution in [0.1, 0.15) is 13.3 Å². The number of benzene rings is 1. The summed E-state index contributed by atoms with van der Waals surface area (Å²) in [6, 6.07) is 5.52. The number of hydrogen-bond acceptors (Lipinski definition) is 7. The number of methoxy groups -OCH3 is 1. The molecule has 7 nitrogen and oxygen atoms in total. The highest BCUT2D eigenvalue weighted by Crippen LogP contribution is 2.17. The van der Waals surface area contributed by atoms with Crippen LogP contribution in [0.25, 0.3) is 0 Å². The van der Waals surface area contributed by atoms with Gasteiger partial charge in [0.2, 0.25) is 0 Å². The minimum absolute atomic E-state index is 0.0335. The fourth-order valence-electron chi connectivity index (χ4n) is 1.38. The highest BCUT2D eigenvalue weighted by molar-refractivity contribution is 5.92. The lowest BCUT2D eigenvalue weighted by atomic mass is 10.2. The zero-order valence-corrected chi connectivity index (χ0v) is 12.1. The molecule has 0 amide bonds. The van der Waals surface area contributed by atoms with Gasteiger partial charge in [0.05, 0.1) is 7.11 Å². The number of ether oxygens (including phenoxy) is 3. The van der Waals surface area contributed by atoms with E-state index < -0.39 is 24.0 Å². The molecule has 0 saturated carbocycles. The Morgan fingerprint density at radius 2 is 1.73 bits per heavy atom. The smallest absolute Gasteiger partial charge is 0.352 e. The molecule has 1 aromatic carbocycles. The Balaban J connectivity index is 2.61. The second-order valence-corrected chi connectivity index (χ2v) is 4.11. The van der Waals surface area contributed by atoms with Gasteiger partial charge in [0.15, 0.2) is 6.10 Å². The molecule has 1 unspecified atom stereocenters. The van der Waals surface area contributed by atoms with Gasteiger partial charge < -0.3 is 19.3 Å². The van der Waals surface area contributed by atoms with E-state index in [0.717, 1.165) is 12.2 Å². The second kappa shape index (κ2) is 8.46. The van der Waals surface area contributed by atoms with E-state index in [1.807, 2.05) is 0 Å². The molecule has 0 bridgehead atoms. The maximum Gasteiger partial charge on any atom is 0.352 e. The molecular formula is C15H16O7. The largest absolute Gasteiger partial charge is 0.508 e. The molecule has 118 valence electrons. The molecule has 0 heterocycles. The summed E-state index contributed by atoms with van der Waals surface area (Å²) in [5, 5.41) is 9.13. The normalized spacial score (nSPS) is 11.7. The fraction of sp³-hybridized carbons (Fsp3) is 0.267. The molecule has 7 heteroatoms. The van der Waals surface area contributed by atoms with Crippen molar-refractivity contribution < 1.29 is 33.7 Å². The first-order valence-corrected chi connectivity index (χ1v) is 6.43. The summed E-state index contributed by atoms with van der Waals surface area (Å²) in [5.74, 6) is -2.09. The van der Waals surface area contributed by atoms with Crippen molar-refractivity contribution >= 4 is 17.9 Å². The van der Waals surface area contributed by atoms with E-state index in [4.69, 9.17) is 14.6 Å². The summed E-state index contributed by atoms with van der Waals surface area (Å²) >= 11 is 0. The summed E-state index contributed by atoms with van der Waals surface area (Å²) in [5.41, 5.74) is 0. The lowest BCUT2D eigenvalue weighted by molar-refractivity contribution is -0.159. The van der Waals surface area contributed by atoms with Gasteiger partial charge in [-0.3, -0.25) is 0 Å². The first-order valence-electron chi connectivity index (χ1n) is 6.43. The minimum Gasteiger partial charge on any atom is -0.508 e. The van der Waals surface area contributed by atoms with Crippen molar-refractivity contribution in [1.29, 1.82) is 0 Å². The molecule has 22 heavy (non-hydrogen) atoms. The monoisotopic (exact) mass is 308 g/mol. The van der Waals surface area contributed by atoms with Gasteiger partial charge in [-0.2, -0.15) is 0 Å². The number of phenolic OH excluding ortho intramolecular Hbond substituents is 1. The Hall–Kier alpha value is -2.83. The van der Waals surface area contributed by atoms with Crippen molar-refractivity contribution in [3.63, 3.8) is 0 Å². The fourth-order valence-corrected chi connectivity index (χ4v) is 1.38. The third kappa shape index (κ3) is 5.66. The Labute approximate surface area is 127 Å². The van der Waals surface area contributed by atoms with Crippen molar-refractivity contribution in [3.05, 3.63) is 36.4 Å². The number of carbonyl (C=O) groups is 3. The van der Waals surface area contributed by atoms with Crippen molar-refractivity contribution in [2.75, 3.05) is 7.11 Å².